The van der Waals surface area contributed by atoms with Gasteiger partial charge in [0, 0.05) is 17.7 Å². The second kappa shape index (κ2) is 9.47. The molecule has 31 heavy (non-hydrogen) atoms. The zero-order valence-electron chi connectivity index (χ0n) is 16.2. The number of urea groups is 1. The first-order chi connectivity index (χ1) is 14.8. The lowest BCUT2D eigenvalue weighted by Gasteiger charge is -2.09. The third-order valence-corrected chi connectivity index (χ3v) is 4.92. The summed E-state index contributed by atoms with van der Waals surface area (Å²) in [6.07, 6.45) is 0. The van der Waals surface area contributed by atoms with Gasteiger partial charge in [-0.2, -0.15) is 4.37 Å². The lowest BCUT2D eigenvalue weighted by atomic mass is 10.1. The van der Waals surface area contributed by atoms with E-state index in [2.05, 4.69) is 15.0 Å². The molecule has 0 aliphatic heterocycles. The van der Waals surface area contributed by atoms with Crippen LogP contribution < -0.4 is 21.1 Å². The molecule has 0 unspecified atom stereocenters. The third kappa shape index (κ3) is 5.31. The Balaban J connectivity index is 1.67. The molecule has 1 heterocycles. The highest BCUT2D eigenvalue weighted by Gasteiger charge is 2.22. The van der Waals surface area contributed by atoms with Crippen LogP contribution in [0.15, 0.2) is 36.4 Å². The molecule has 7 nitrogen and oxygen atoms in total. The van der Waals surface area contributed by atoms with Crippen molar-refractivity contribution in [2.45, 2.75) is 20.1 Å². The van der Waals surface area contributed by atoms with Gasteiger partial charge in [0.25, 0.3) is 5.91 Å². The van der Waals surface area contributed by atoms with Gasteiger partial charge in [-0.1, -0.05) is 24.3 Å². The fourth-order valence-corrected chi connectivity index (χ4v) is 3.34. The van der Waals surface area contributed by atoms with Crippen molar-refractivity contribution in [1.82, 2.24) is 9.69 Å². The van der Waals surface area contributed by atoms with Crippen molar-refractivity contribution >= 4 is 28.5 Å². The second-order valence-corrected chi connectivity index (χ2v) is 7.23. The van der Waals surface area contributed by atoms with Crippen molar-refractivity contribution in [2.24, 2.45) is 5.73 Å². The molecule has 0 spiro atoms. The Morgan fingerprint density at radius 3 is 2.61 bits per heavy atom. The molecule has 3 aromatic rings. The number of carbonyl (C=O) groups excluding carboxylic acids is 2. The van der Waals surface area contributed by atoms with Crippen LogP contribution in [-0.4, -0.2) is 16.3 Å². The van der Waals surface area contributed by atoms with Gasteiger partial charge < -0.3 is 15.8 Å². The highest BCUT2D eigenvalue weighted by atomic mass is 32.1. The van der Waals surface area contributed by atoms with Crippen LogP contribution in [0.5, 0.6) is 5.88 Å². The lowest BCUT2D eigenvalue weighted by Crippen LogP contribution is -2.29. The monoisotopic (exact) mass is 450 g/mol. The summed E-state index contributed by atoms with van der Waals surface area (Å²) in [5.41, 5.74) is 6.11. The molecule has 0 saturated carbocycles. The van der Waals surface area contributed by atoms with Gasteiger partial charge in [0.1, 0.15) is 23.0 Å². The number of hydrogen-bond acceptors (Lipinski definition) is 5. The van der Waals surface area contributed by atoms with Crippen LogP contribution in [-0.2, 0) is 13.2 Å². The minimum absolute atomic E-state index is 0.0101. The fourth-order valence-electron chi connectivity index (χ4n) is 2.60. The molecule has 0 aliphatic carbocycles. The van der Waals surface area contributed by atoms with Crippen molar-refractivity contribution in [1.29, 1.82) is 0 Å². The van der Waals surface area contributed by atoms with E-state index >= 15 is 0 Å². The summed E-state index contributed by atoms with van der Waals surface area (Å²) in [5.74, 6) is -3.66. The predicted molar refractivity (Wildman–Crippen MR) is 108 cm³/mol. The molecule has 0 saturated heterocycles. The molecule has 0 fully saturated rings. The quantitative estimate of drug-likeness (QED) is 0.508. The standard InChI is InChI=1S/C20H17F3N4O3S/c1-10-5-6-12(14(22)7-10)9-30-18-15(17(24)28)19(31-27-18)26-20(29)25-8-11-3-2-4-13(21)16(11)23/h2-7H,8-9H2,1H3,(H2,24,28)(H2,25,26,29). The number of hydrogen-bond donors (Lipinski definition) is 3. The average Bonchev–Trinajstić information content (AvgIpc) is 3.11. The number of aromatic nitrogens is 1. The molecule has 3 rings (SSSR count). The number of ether oxygens (including phenoxy) is 1. The van der Waals surface area contributed by atoms with E-state index in [-0.39, 0.29) is 40.7 Å². The maximum Gasteiger partial charge on any atom is 0.320 e. The van der Waals surface area contributed by atoms with Gasteiger partial charge in [-0.05, 0) is 36.2 Å². The van der Waals surface area contributed by atoms with E-state index in [1.54, 1.807) is 19.1 Å². The summed E-state index contributed by atoms with van der Waals surface area (Å²) in [6, 6.07) is 7.37. The minimum Gasteiger partial charge on any atom is -0.471 e. The van der Waals surface area contributed by atoms with Crippen molar-refractivity contribution in [3.05, 3.63) is 76.1 Å². The predicted octanol–water partition coefficient (Wildman–Crippen LogP) is 3.87. The number of amides is 3. The Bertz CT molecular complexity index is 1140. The first-order valence-corrected chi connectivity index (χ1v) is 9.68. The molecule has 0 atom stereocenters. The Hall–Kier alpha value is -3.60. The van der Waals surface area contributed by atoms with Gasteiger partial charge in [-0.15, -0.1) is 0 Å². The minimum atomic E-state index is -1.07. The van der Waals surface area contributed by atoms with Crippen molar-refractivity contribution in [2.75, 3.05) is 5.32 Å². The first-order valence-electron chi connectivity index (χ1n) is 8.91. The van der Waals surface area contributed by atoms with E-state index in [0.717, 1.165) is 23.2 Å². The van der Waals surface area contributed by atoms with Crippen LogP contribution in [0.2, 0.25) is 0 Å². The SMILES string of the molecule is Cc1ccc(COc2nsc(NC(=O)NCc3cccc(F)c3F)c2C(N)=O)c(F)c1. The summed E-state index contributed by atoms with van der Waals surface area (Å²) in [6.45, 7) is 1.24. The van der Waals surface area contributed by atoms with Crippen LogP contribution in [0.25, 0.3) is 0 Å². The Labute approximate surface area is 179 Å². The number of nitrogens with zero attached hydrogens (tertiary/aromatic N) is 1. The van der Waals surface area contributed by atoms with E-state index in [4.69, 9.17) is 10.5 Å². The van der Waals surface area contributed by atoms with Crippen LogP contribution in [0, 0.1) is 24.4 Å². The van der Waals surface area contributed by atoms with Crippen molar-refractivity contribution in [3.63, 3.8) is 0 Å². The van der Waals surface area contributed by atoms with Crippen molar-refractivity contribution in [3.8, 4) is 5.88 Å². The van der Waals surface area contributed by atoms with Gasteiger partial charge >= 0.3 is 6.03 Å². The Morgan fingerprint density at radius 2 is 1.90 bits per heavy atom. The van der Waals surface area contributed by atoms with Gasteiger partial charge in [-0.25, -0.2) is 18.0 Å². The van der Waals surface area contributed by atoms with Crippen molar-refractivity contribution < 1.29 is 27.5 Å². The molecule has 3 amide bonds. The summed E-state index contributed by atoms with van der Waals surface area (Å²) >= 11 is 0.726. The normalized spacial score (nSPS) is 10.6. The van der Waals surface area contributed by atoms with E-state index in [0.29, 0.717) is 0 Å². The molecule has 1 aromatic heterocycles. The number of anilines is 1. The highest BCUT2D eigenvalue weighted by molar-refractivity contribution is 7.11. The molecule has 0 aliphatic rings. The number of nitrogens with two attached hydrogens (primary N) is 1. The van der Waals surface area contributed by atoms with E-state index in [9.17, 15) is 22.8 Å². The molecule has 0 radical (unpaired) electrons. The molecular formula is C20H17F3N4O3S. The number of primary amides is 1. The average molecular weight is 450 g/mol. The van der Waals surface area contributed by atoms with E-state index in [1.807, 2.05) is 0 Å². The fraction of sp³-hybridized carbons (Fsp3) is 0.150. The van der Waals surface area contributed by atoms with E-state index < -0.39 is 29.4 Å². The number of halogens is 3. The number of carbonyl (C=O) groups is 2. The second-order valence-electron chi connectivity index (χ2n) is 6.46. The smallest absolute Gasteiger partial charge is 0.320 e. The van der Waals surface area contributed by atoms with E-state index in [1.165, 1.54) is 18.2 Å². The highest BCUT2D eigenvalue weighted by Crippen LogP contribution is 2.31. The zero-order chi connectivity index (χ0) is 22.5. The maximum absolute atomic E-state index is 14.0. The zero-order valence-corrected chi connectivity index (χ0v) is 17.0. The Morgan fingerprint density at radius 1 is 1.13 bits per heavy atom. The summed E-state index contributed by atoms with van der Waals surface area (Å²) in [5, 5.41) is 4.70. The van der Waals surface area contributed by atoms with Gasteiger partial charge in [0.15, 0.2) is 11.6 Å². The maximum atomic E-state index is 14.0. The number of nitrogens with one attached hydrogen (secondary N) is 2. The molecule has 4 N–H and O–H groups in total. The number of rotatable bonds is 7. The topological polar surface area (TPSA) is 106 Å². The van der Waals surface area contributed by atoms with Crippen LogP contribution in [0.1, 0.15) is 27.0 Å². The van der Waals surface area contributed by atoms with Crippen LogP contribution in [0.4, 0.5) is 23.0 Å². The summed E-state index contributed by atoms with van der Waals surface area (Å²) in [4.78, 5) is 24.0. The van der Waals surface area contributed by atoms with Gasteiger partial charge in [0.2, 0.25) is 5.88 Å². The van der Waals surface area contributed by atoms with Gasteiger partial charge in [0.05, 0.1) is 0 Å². The third-order valence-electron chi connectivity index (χ3n) is 4.18. The van der Waals surface area contributed by atoms with Crippen LogP contribution >= 0.6 is 11.5 Å². The van der Waals surface area contributed by atoms with Crippen LogP contribution in [0.3, 0.4) is 0 Å². The Kier molecular flexibility index (Phi) is 6.75. The lowest BCUT2D eigenvalue weighted by molar-refractivity contribution is 0.0996. The first kappa shape index (κ1) is 22.1. The summed E-state index contributed by atoms with van der Waals surface area (Å²) < 4.78 is 50.2. The molecule has 162 valence electrons. The summed E-state index contributed by atoms with van der Waals surface area (Å²) in [7, 11) is 0. The largest absolute Gasteiger partial charge is 0.471 e. The molecule has 2 aromatic carbocycles. The number of benzene rings is 2. The molecule has 11 heteroatoms. The van der Waals surface area contributed by atoms with Gasteiger partial charge in [-0.3, -0.25) is 10.1 Å². The molecular weight excluding hydrogens is 433 g/mol. The molecule has 0 bridgehead atoms. The number of aryl methyl sites for hydroxylation is 1.